The fourth-order valence-corrected chi connectivity index (χ4v) is 3.76. The molecule has 1 aliphatic heterocycles. The zero-order valence-electron chi connectivity index (χ0n) is 14.8. The maximum absolute atomic E-state index is 12.3. The lowest BCUT2D eigenvalue weighted by molar-refractivity contribution is -0.117. The zero-order chi connectivity index (χ0) is 17.8. The largest absolute Gasteiger partial charge is 0.310 e. The topological polar surface area (TPSA) is 45.2 Å². The first-order valence-corrected chi connectivity index (χ1v) is 9.20. The normalized spacial score (nSPS) is 17.9. The monoisotopic (exact) mass is 345 g/mol. The summed E-state index contributed by atoms with van der Waals surface area (Å²) in [4.78, 5) is 18.7. The third-order valence-corrected chi connectivity index (χ3v) is 5.05. The minimum atomic E-state index is 0.00265. The van der Waals surface area contributed by atoms with Crippen LogP contribution in [0.25, 0.3) is 10.8 Å². The number of piperidine rings is 1. The van der Waals surface area contributed by atoms with Gasteiger partial charge in [-0.3, -0.25) is 9.69 Å². The molecule has 1 atom stereocenters. The number of nitrogens with one attached hydrogen (secondary N) is 1. The Bertz CT molecular complexity index is 894. The number of benzene rings is 2. The Morgan fingerprint density at radius 3 is 2.77 bits per heavy atom. The molecule has 1 amide bonds. The van der Waals surface area contributed by atoms with Crippen molar-refractivity contribution in [1.29, 1.82) is 0 Å². The van der Waals surface area contributed by atoms with E-state index >= 15 is 0 Å². The average molecular weight is 345 g/mol. The van der Waals surface area contributed by atoms with Crippen molar-refractivity contribution in [3.8, 4) is 0 Å². The summed E-state index contributed by atoms with van der Waals surface area (Å²) >= 11 is 0. The fourth-order valence-electron chi connectivity index (χ4n) is 3.76. The minimum Gasteiger partial charge on any atom is -0.310 e. The number of likely N-dealkylation sites (tertiary alicyclic amines) is 1. The van der Waals surface area contributed by atoms with E-state index in [1.54, 1.807) is 6.20 Å². The van der Waals surface area contributed by atoms with Crippen LogP contribution in [0.2, 0.25) is 0 Å². The molecule has 4 nitrogen and oxygen atoms in total. The molecule has 1 fully saturated rings. The van der Waals surface area contributed by atoms with Gasteiger partial charge in [0.25, 0.3) is 0 Å². The summed E-state index contributed by atoms with van der Waals surface area (Å²) in [6.07, 6.45) is 3.98. The van der Waals surface area contributed by atoms with Crippen LogP contribution in [-0.4, -0.2) is 35.4 Å². The standard InChI is InChI=1S/C22H23N3O/c26-22(24-21-9-3-4-12-23-21)16-25-13-5-8-20(15-25)19-11-10-17-6-1-2-7-18(17)14-19/h1-4,6-7,9-12,14,20H,5,8,13,15-16H2,(H,23,24,26). The lowest BCUT2D eigenvalue weighted by Crippen LogP contribution is -2.39. The number of fused-ring (bicyclic) bond motifs is 1. The van der Waals surface area contributed by atoms with Gasteiger partial charge in [-0.25, -0.2) is 4.98 Å². The van der Waals surface area contributed by atoms with Crippen molar-refractivity contribution in [1.82, 2.24) is 9.88 Å². The molecule has 1 unspecified atom stereocenters. The highest BCUT2D eigenvalue weighted by molar-refractivity contribution is 5.91. The van der Waals surface area contributed by atoms with Crippen molar-refractivity contribution in [2.75, 3.05) is 25.0 Å². The van der Waals surface area contributed by atoms with E-state index in [1.807, 2.05) is 18.2 Å². The summed E-state index contributed by atoms with van der Waals surface area (Å²) in [6, 6.07) is 20.7. The molecule has 1 N–H and O–H groups in total. The number of carbonyl (C=O) groups excluding carboxylic acids is 1. The van der Waals surface area contributed by atoms with Gasteiger partial charge in [0.2, 0.25) is 5.91 Å². The molecule has 0 aliphatic carbocycles. The van der Waals surface area contributed by atoms with Crippen molar-refractivity contribution in [2.45, 2.75) is 18.8 Å². The number of aromatic nitrogens is 1. The van der Waals surface area contributed by atoms with Gasteiger partial charge in [-0.1, -0.05) is 48.5 Å². The number of pyridine rings is 1. The Morgan fingerprint density at radius 2 is 1.92 bits per heavy atom. The number of nitrogens with zero attached hydrogens (tertiary/aromatic N) is 2. The summed E-state index contributed by atoms with van der Waals surface area (Å²) < 4.78 is 0. The maximum atomic E-state index is 12.3. The van der Waals surface area contributed by atoms with E-state index in [4.69, 9.17) is 0 Å². The predicted molar refractivity (Wildman–Crippen MR) is 105 cm³/mol. The van der Waals surface area contributed by atoms with E-state index in [1.165, 1.54) is 22.8 Å². The molecule has 0 saturated carbocycles. The molecular formula is C22H23N3O. The van der Waals surface area contributed by atoms with Crippen LogP contribution < -0.4 is 5.32 Å². The second-order valence-corrected chi connectivity index (χ2v) is 6.94. The molecule has 1 saturated heterocycles. The Hall–Kier alpha value is -2.72. The third kappa shape index (κ3) is 3.92. The molecule has 0 radical (unpaired) electrons. The first kappa shape index (κ1) is 16.7. The van der Waals surface area contributed by atoms with Gasteiger partial charge < -0.3 is 5.32 Å². The van der Waals surface area contributed by atoms with E-state index in [0.29, 0.717) is 18.3 Å². The molecule has 1 aromatic heterocycles. The molecule has 4 rings (SSSR count). The first-order chi connectivity index (χ1) is 12.8. The van der Waals surface area contributed by atoms with Gasteiger partial charge in [-0.2, -0.15) is 0 Å². The molecule has 1 aliphatic rings. The van der Waals surface area contributed by atoms with Crippen LogP contribution in [0.5, 0.6) is 0 Å². The van der Waals surface area contributed by atoms with Crippen LogP contribution in [0.15, 0.2) is 66.9 Å². The summed E-state index contributed by atoms with van der Waals surface area (Å²) in [5.74, 6) is 1.10. The third-order valence-electron chi connectivity index (χ3n) is 5.05. The van der Waals surface area contributed by atoms with E-state index in [-0.39, 0.29) is 5.91 Å². The molecule has 2 heterocycles. The lowest BCUT2D eigenvalue weighted by Gasteiger charge is -2.32. The van der Waals surface area contributed by atoms with Gasteiger partial charge in [-0.05, 0) is 53.8 Å². The van der Waals surface area contributed by atoms with Gasteiger partial charge in [-0.15, -0.1) is 0 Å². The van der Waals surface area contributed by atoms with Gasteiger partial charge in [0.15, 0.2) is 0 Å². The highest BCUT2D eigenvalue weighted by Gasteiger charge is 2.23. The Labute approximate surface area is 153 Å². The smallest absolute Gasteiger partial charge is 0.239 e. The van der Waals surface area contributed by atoms with Crippen LogP contribution in [0.3, 0.4) is 0 Å². The zero-order valence-corrected chi connectivity index (χ0v) is 14.8. The second kappa shape index (κ2) is 7.67. The van der Waals surface area contributed by atoms with Crippen molar-refractivity contribution < 1.29 is 4.79 Å². The molecule has 0 spiro atoms. The number of amides is 1. The summed E-state index contributed by atoms with van der Waals surface area (Å²) in [7, 11) is 0. The molecule has 0 bridgehead atoms. The van der Waals surface area contributed by atoms with Gasteiger partial charge in [0.1, 0.15) is 5.82 Å². The van der Waals surface area contributed by atoms with Gasteiger partial charge in [0, 0.05) is 12.7 Å². The quantitative estimate of drug-likeness (QED) is 0.776. The van der Waals surface area contributed by atoms with Crippen molar-refractivity contribution in [3.63, 3.8) is 0 Å². The number of hydrogen-bond donors (Lipinski definition) is 1. The number of anilines is 1. The van der Waals surface area contributed by atoms with Gasteiger partial charge in [0.05, 0.1) is 6.54 Å². The first-order valence-electron chi connectivity index (χ1n) is 9.20. The predicted octanol–water partition coefficient (Wildman–Crippen LogP) is 4.05. The molecule has 26 heavy (non-hydrogen) atoms. The Kier molecular flexibility index (Phi) is 4.93. The average Bonchev–Trinajstić information content (AvgIpc) is 2.68. The van der Waals surface area contributed by atoms with E-state index in [2.05, 4.69) is 57.7 Å². The fraction of sp³-hybridized carbons (Fsp3) is 0.273. The van der Waals surface area contributed by atoms with Crippen LogP contribution in [0.1, 0.15) is 24.3 Å². The van der Waals surface area contributed by atoms with Crippen LogP contribution in [0, 0.1) is 0 Å². The maximum Gasteiger partial charge on any atom is 0.239 e. The summed E-state index contributed by atoms with van der Waals surface area (Å²) in [5, 5.41) is 5.44. The van der Waals surface area contributed by atoms with Crippen molar-refractivity contribution in [3.05, 3.63) is 72.4 Å². The Balaban J connectivity index is 1.41. The number of carbonyl (C=O) groups is 1. The van der Waals surface area contributed by atoms with Crippen LogP contribution in [0.4, 0.5) is 5.82 Å². The van der Waals surface area contributed by atoms with Crippen molar-refractivity contribution in [2.24, 2.45) is 0 Å². The minimum absolute atomic E-state index is 0.00265. The van der Waals surface area contributed by atoms with Crippen LogP contribution >= 0.6 is 0 Å². The summed E-state index contributed by atoms with van der Waals surface area (Å²) in [5.41, 5.74) is 1.37. The van der Waals surface area contributed by atoms with E-state index in [9.17, 15) is 4.79 Å². The lowest BCUT2D eigenvalue weighted by atomic mass is 9.89. The van der Waals surface area contributed by atoms with Crippen molar-refractivity contribution >= 4 is 22.5 Å². The Morgan fingerprint density at radius 1 is 1.08 bits per heavy atom. The van der Waals surface area contributed by atoms with E-state index < -0.39 is 0 Å². The molecule has 2 aromatic carbocycles. The highest BCUT2D eigenvalue weighted by atomic mass is 16.2. The number of rotatable bonds is 4. The molecule has 132 valence electrons. The highest BCUT2D eigenvalue weighted by Crippen LogP contribution is 2.29. The summed E-state index contributed by atoms with van der Waals surface area (Å²) in [6.45, 7) is 2.31. The molecule has 4 heteroatoms. The SMILES string of the molecule is O=C(CN1CCCC(c2ccc3ccccc3c2)C1)Nc1ccccn1. The second-order valence-electron chi connectivity index (χ2n) is 6.94. The van der Waals surface area contributed by atoms with Gasteiger partial charge >= 0.3 is 0 Å². The van der Waals surface area contributed by atoms with E-state index in [0.717, 1.165) is 19.5 Å². The number of hydrogen-bond acceptors (Lipinski definition) is 3. The molecular weight excluding hydrogens is 322 g/mol. The molecule has 3 aromatic rings. The van der Waals surface area contributed by atoms with Crippen LogP contribution in [-0.2, 0) is 4.79 Å².